The standard InChI is InChI=1S/C19H31N3O2/c1-4-22(15(2)3)18-7-5-17(6-8-18)20-19(24)13-21-11-9-16(14-23)10-12-21/h5-8,15-16,23H,4,9-14H2,1-3H3,(H,20,24). The van der Waals surface area contributed by atoms with Crippen LogP contribution in [0.2, 0.25) is 0 Å². The van der Waals surface area contributed by atoms with Crippen LogP contribution < -0.4 is 10.2 Å². The van der Waals surface area contributed by atoms with Crippen molar-refractivity contribution in [2.24, 2.45) is 5.92 Å². The molecule has 0 spiro atoms. The number of likely N-dealkylation sites (tertiary alicyclic amines) is 1. The fourth-order valence-corrected chi connectivity index (χ4v) is 3.31. The highest BCUT2D eigenvalue weighted by Crippen LogP contribution is 2.20. The monoisotopic (exact) mass is 333 g/mol. The average molecular weight is 333 g/mol. The van der Waals surface area contributed by atoms with Crippen molar-refractivity contribution in [2.75, 3.05) is 43.0 Å². The van der Waals surface area contributed by atoms with Gasteiger partial charge in [-0.15, -0.1) is 0 Å². The second kappa shape index (κ2) is 9.04. The lowest BCUT2D eigenvalue weighted by molar-refractivity contribution is -0.117. The van der Waals surface area contributed by atoms with Gasteiger partial charge in [0.25, 0.3) is 0 Å². The highest BCUT2D eigenvalue weighted by atomic mass is 16.3. The summed E-state index contributed by atoms with van der Waals surface area (Å²) < 4.78 is 0. The van der Waals surface area contributed by atoms with Gasteiger partial charge in [0.05, 0.1) is 6.54 Å². The fourth-order valence-electron chi connectivity index (χ4n) is 3.31. The van der Waals surface area contributed by atoms with Crippen molar-refractivity contribution >= 4 is 17.3 Å². The Morgan fingerprint density at radius 1 is 1.29 bits per heavy atom. The van der Waals surface area contributed by atoms with E-state index in [0.717, 1.165) is 38.2 Å². The Kier molecular flexibility index (Phi) is 7.06. The highest BCUT2D eigenvalue weighted by molar-refractivity contribution is 5.92. The van der Waals surface area contributed by atoms with Crippen LogP contribution in [0.3, 0.4) is 0 Å². The maximum absolute atomic E-state index is 12.2. The van der Waals surface area contributed by atoms with Crippen LogP contribution in [0.25, 0.3) is 0 Å². The number of carbonyl (C=O) groups is 1. The Bertz CT molecular complexity index is 508. The maximum Gasteiger partial charge on any atom is 0.238 e. The lowest BCUT2D eigenvalue weighted by Crippen LogP contribution is -2.39. The molecule has 5 nitrogen and oxygen atoms in total. The topological polar surface area (TPSA) is 55.8 Å². The smallest absolute Gasteiger partial charge is 0.238 e. The van der Waals surface area contributed by atoms with Crippen molar-refractivity contribution < 1.29 is 9.90 Å². The molecule has 0 aliphatic carbocycles. The number of carbonyl (C=O) groups excluding carboxylic acids is 1. The molecule has 24 heavy (non-hydrogen) atoms. The number of aliphatic hydroxyl groups is 1. The third kappa shape index (κ3) is 5.21. The molecule has 5 heteroatoms. The van der Waals surface area contributed by atoms with Gasteiger partial charge in [0.1, 0.15) is 0 Å². The van der Waals surface area contributed by atoms with Gasteiger partial charge in [-0.25, -0.2) is 0 Å². The van der Waals surface area contributed by atoms with Crippen LogP contribution in [0.1, 0.15) is 33.6 Å². The van der Waals surface area contributed by atoms with Crippen LogP contribution >= 0.6 is 0 Å². The number of hydrogen-bond donors (Lipinski definition) is 2. The number of benzene rings is 1. The maximum atomic E-state index is 12.2. The molecule has 1 aliphatic heterocycles. The Balaban J connectivity index is 1.84. The lowest BCUT2D eigenvalue weighted by Gasteiger charge is -2.30. The third-order valence-corrected chi connectivity index (χ3v) is 4.78. The fraction of sp³-hybridized carbons (Fsp3) is 0.632. The molecule has 2 N–H and O–H groups in total. The number of nitrogens with zero attached hydrogens (tertiary/aromatic N) is 2. The van der Waals surface area contributed by atoms with E-state index < -0.39 is 0 Å². The van der Waals surface area contributed by atoms with Gasteiger partial charge in [-0.3, -0.25) is 9.69 Å². The zero-order chi connectivity index (χ0) is 17.5. The molecule has 1 aliphatic rings. The first-order valence-electron chi connectivity index (χ1n) is 9.03. The molecule has 1 saturated heterocycles. The normalized spacial score (nSPS) is 16.4. The SMILES string of the molecule is CCN(c1ccc(NC(=O)CN2CCC(CO)CC2)cc1)C(C)C. The van der Waals surface area contributed by atoms with E-state index in [4.69, 9.17) is 5.11 Å². The number of nitrogens with one attached hydrogen (secondary N) is 1. The van der Waals surface area contributed by atoms with E-state index in [9.17, 15) is 4.79 Å². The molecule has 1 heterocycles. The Hall–Kier alpha value is -1.59. The summed E-state index contributed by atoms with van der Waals surface area (Å²) in [4.78, 5) is 16.7. The molecule has 1 aromatic carbocycles. The zero-order valence-corrected chi connectivity index (χ0v) is 15.2. The van der Waals surface area contributed by atoms with Crippen LogP contribution in [0, 0.1) is 5.92 Å². The van der Waals surface area contributed by atoms with Gasteiger partial charge in [-0.2, -0.15) is 0 Å². The van der Waals surface area contributed by atoms with Gasteiger partial charge < -0.3 is 15.3 Å². The summed E-state index contributed by atoms with van der Waals surface area (Å²) in [5.74, 6) is 0.431. The van der Waals surface area contributed by atoms with Crippen molar-refractivity contribution in [2.45, 2.75) is 39.7 Å². The van der Waals surface area contributed by atoms with Gasteiger partial charge in [0.2, 0.25) is 5.91 Å². The van der Waals surface area contributed by atoms with E-state index in [2.05, 4.69) is 48.0 Å². The first-order valence-corrected chi connectivity index (χ1v) is 9.03. The Morgan fingerprint density at radius 3 is 2.42 bits per heavy atom. The van der Waals surface area contributed by atoms with Gasteiger partial charge in [-0.1, -0.05) is 0 Å². The van der Waals surface area contributed by atoms with E-state index in [1.54, 1.807) is 0 Å². The van der Waals surface area contributed by atoms with Crippen molar-refractivity contribution in [3.05, 3.63) is 24.3 Å². The van der Waals surface area contributed by atoms with Crippen molar-refractivity contribution in [1.82, 2.24) is 4.90 Å². The average Bonchev–Trinajstić information content (AvgIpc) is 2.57. The van der Waals surface area contributed by atoms with Gasteiger partial charge in [0.15, 0.2) is 0 Å². The summed E-state index contributed by atoms with van der Waals surface area (Å²) in [6, 6.07) is 8.52. The molecule has 134 valence electrons. The third-order valence-electron chi connectivity index (χ3n) is 4.78. The second-order valence-electron chi connectivity index (χ2n) is 6.88. The molecular weight excluding hydrogens is 302 g/mol. The highest BCUT2D eigenvalue weighted by Gasteiger charge is 2.20. The number of anilines is 2. The Labute approximate surface area is 145 Å². The minimum Gasteiger partial charge on any atom is -0.396 e. The van der Waals surface area contributed by atoms with Crippen molar-refractivity contribution in [3.8, 4) is 0 Å². The molecule has 0 bridgehead atoms. The molecule has 1 fully saturated rings. The van der Waals surface area contributed by atoms with Crippen LogP contribution in [-0.2, 0) is 4.79 Å². The van der Waals surface area contributed by atoms with Crippen molar-refractivity contribution in [3.63, 3.8) is 0 Å². The summed E-state index contributed by atoms with van der Waals surface area (Å²) in [7, 11) is 0. The summed E-state index contributed by atoms with van der Waals surface area (Å²) in [6.45, 7) is 9.93. The van der Waals surface area contributed by atoms with E-state index in [1.807, 2.05) is 12.1 Å². The van der Waals surface area contributed by atoms with E-state index in [-0.39, 0.29) is 12.5 Å². The summed E-state index contributed by atoms with van der Waals surface area (Å²) in [5.41, 5.74) is 2.02. The summed E-state index contributed by atoms with van der Waals surface area (Å²) in [6.07, 6.45) is 1.95. The Morgan fingerprint density at radius 2 is 1.92 bits per heavy atom. The number of amides is 1. The summed E-state index contributed by atoms with van der Waals surface area (Å²) >= 11 is 0. The molecule has 1 aromatic rings. The largest absolute Gasteiger partial charge is 0.396 e. The number of hydrogen-bond acceptors (Lipinski definition) is 4. The summed E-state index contributed by atoms with van der Waals surface area (Å²) in [5, 5.41) is 12.1. The molecule has 1 amide bonds. The lowest BCUT2D eigenvalue weighted by atomic mass is 9.98. The first kappa shape index (κ1) is 18.7. The molecule has 0 unspecified atom stereocenters. The molecule has 0 radical (unpaired) electrons. The van der Waals surface area contributed by atoms with Crippen LogP contribution in [0.4, 0.5) is 11.4 Å². The van der Waals surface area contributed by atoms with Gasteiger partial charge >= 0.3 is 0 Å². The van der Waals surface area contributed by atoms with Crippen molar-refractivity contribution in [1.29, 1.82) is 0 Å². The number of aliphatic hydroxyl groups excluding tert-OH is 1. The predicted octanol–water partition coefficient (Wildman–Crippen LogP) is 2.56. The van der Waals surface area contributed by atoms with E-state index in [0.29, 0.717) is 18.5 Å². The quantitative estimate of drug-likeness (QED) is 0.805. The molecule has 0 aromatic heterocycles. The predicted molar refractivity (Wildman–Crippen MR) is 99.5 cm³/mol. The van der Waals surface area contributed by atoms with Gasteiger partial charge in [0, 0.05) is 30.6 Å². The zero-order valence-electron chi connectivity index (χ0n) is 15.2. The number of piperidine rings is 1. The molecule has 0 atom stereocenters. The van der Waals surface area contributed by atoms with Gasteiger partial charge in [-0.05, 0) is 76.9 Å². The molecule has 2 rings (SSSR count). The minimum absolute atomic E-state index is 0.0291. The second-order valence-corrected chi connectivity index (χ2v) is 6.88. The number of rotatable bonds is 7. The first-order chi connectivity index (χ1) is 11.5. The van der Waals surface area contributed by atoms with E-state index >= 15 is 0 Å². The van der Waals surface area contributed by atoms with Crippen LogP contribution in [-0.4, -0.2) is 54.7 Å². The van der Waals surface area contributed by atoms with E-state index in [1.165, 1.54) is 5.69 Å². The molecule has 0 saturated carbocycles. The molecular formula is C19H31N3O2. The minimum atomic E-state index is 0.0291. The van der Waals surface area contributed by atoms with Crippen LogP contribution in [0.15, 0.2) is 24.3 Å². The van der Waals surface area contributed by atoms with Crippen LogP contribution in [0.5, 0.6) is 0 Å².